The predicted octanol–water partition coefficient (Wildman–Crippen LogP) is 0.959. The third-order valence-electron chi connectivity index (χ3n) is 1.51. The molecule has 0 saturated carbocycles. The van der Waals surface area contributed by atoms with Gasteiger partial charge in [-0.05, 0) is 6.07 Å². The first-order valence-corrected chi connectivity index (χ1v) is 4.93. The van der Waals surface area contributed by atoms with Crippen molar-refractivity contribution in [2.45, 2.75) is 4.90 Å². The quantitative estimate of drug-likeness (QED) is 0.316. The van der Waals surface area contributed by atoms with Gasteiger partial charge in [0.25, 0.3) is 15.5 Å². The summed E-state index contributed by atoms with van der Waals surface area (Å²) in [5, 5.41) is 12.0. The molecule has 14 heavy (non-hydrogen) atoms. The van der Waals surface area contributed by atoms with Crippen molar-refractivity contribution in [3.63, 3.8) is 0 Å². The Hall–Kier alpha value is -1.87. The summed E-state index contributed by atoms with van der Waals surface area (Å²) in [4.78, 5) is 9.22. The van der Waals surface area contributed by atoms with Crippen molar-refractivity contribution in [1.29, 1.82) is 0 Å². The summed E-state index contributed by atoms with van der Waals surface area (Å²) in [6.45, 7) is 0. The van der Waals surface area contributed by atoms with Crippen molar-refractivity contribution in [2.24, 2.45) is 0 Å². The van der Waals surface area contributed by atoms with Crippen LogP contribution >= 0.6 is 0 Å². The zero-order valence-corrected chi connectivity index (χ0v) is 7.69. The van der Waals surface area contributed by atoms with Gasteiger partial charge in [-0.3, -0.25) is 10.1 Å². The Morgan fingerprint density at radius 1 is 1.36 bits per heavy atom. The largest absolute Gasteiger partial charge is 0.289 e. The molecular formula is C8H5NO4S. The normalized spacial score (nSPS) is 10.5. The highest BCUT2D eigenvalue weighted by Gasteiger charge is 2.22. The van der Waals surface area contributed by atoms with Gasteiger partial charge in [-0.25, -0.2) is 8.42 Å². The van der Waals surface area contributed by atoms with Gasteiger partial charge in [0.1, 0.15) is 0 Å². The summed E-state index contributed by atoms with van der Waals surface area (Å²) in [7, 11) is -3.99. The van der Waals surface area contributed by atoms with Crippen molar-refractivity contribution < 1.29 is 13.3 Å². The average Bonchev–Trinajstić information content (AvgIpc) is 2.18. The minimum atomic E-state index is -3.99. The first kappa shape index (κ1) is 10.2. The Balaban J connectivity index is 3.52. The van der Waals surface area contributed by atoms with E-state index in [0.29, 0.717) is 0 Å². The number of sulfone groups is 1. The van der Waals surface area contributed by atoms with E-state index in [1.165, 1.54) is 17.4 Å². The van der Waals surface area contributed by atoms with Crippen LogP contribution in [0.3, 0.4) is 0 Å². The fourth-order valence-electron chi connectivity index (χ4n) is 0.899. The average molecular weight is 211 g/mol. The van der Waals surface area contributed by atoms with E-state index in [0.717, 1.165) is 12.1 Å². The molecule has 0 unspecified atom stereocenters. The highest BCUT2D eigenvalue weighted by Crippen LogP contribution is 2.23. The summed E-state index contributed by atoms with van der Waals surface area (Å²) in [5.41, 5.74) is -0.509. The van der Waals surface area contributed by atoms with Crippen LogP contribution in [0.2, 0.25) is 0 Å². The minimum Gasteiger partial charge on any atom is -0.258 e. The highest BCUT2D eigenvalue weighted by atomic mass is 32.2. The molecule has 6 heteroatoms. The third kappa shape index (κ3) is 1.72. The van der Waals surface area contributed by atoms with Gasteiger partial charge in [0.2, 0.25) is 0 Å². The Kier molecular flexibility index (Phi) is 2.53. The lowest BCUT2D eigenvalue weighted by Crippen LogP contribution is -2.01. The number of rotatable bonds is 2. The molecule has 0 spiro atoms. The van der Waals surface area contributed by atoms with E-state index in [4.69, 9.17) is 6.42 Å². The van der Waals surface area contributed by atoms with Crippen LogP contribution in [0.15, 0.2) is 29.2 Å². The first-order chi connectivity index (χ1) is 6.49. The number of nitrogens with zero attached hydrogens (tertiary/aromatic N) is 1. The van der Waals surface area contributed by atoms with E-state index in [-0.39, 0.29) is 0 Å². The van der Waals surface area contributed by atoms with Gasteiger partial charge in [-0.1, -0.05) is 12.1 Å². The fourth-order valence-corrected chi connectivity index (χ4v) is 1.70. The van der Waals surface area contributed by atoms with Gasteiger partial charge in [-0.2, -0.15) is 0 Å². The maximum absolute atomic E-state index is 11.2. The molecule has 0 aliphatic heterocycles. The van der Waals surface area contributed by atoms with Gasteiger partial charge in [0.15, 0.2) is 4.90 Å². The molecule has 0 aliphatic carbocycles. The molecule has 0 atom stereocenters. The second-order valence-electron chi connectivity index (χ2n) is 2.35. The standard InChI is InChI=1S/C8H5NO4S/c1-2-14(12,13)8-6-4-3-5-7(8)9(10)11/h1,3-6H. The predicted molar refractivity (Wildman–Crippen MR) is 49.1 cm³/mol. The second-order valence-corrected chi connectivity index (χ2v) is 4.03. The van der Waals surface area contributed by atoms with E-state index >= 15 is 0 Å². The molecule has 1 aromatic rings. The number of benzene rings is 1. The zero-order valence-electron chi connectivity index (χ0n) is 6.88. The number of hydrogen-bond donors (Lipinski definition) is 0. The highest BCUT2D eigenvalue weighted by molar-refractivity contribution is 7.96. The van der Waals surface area contributed by atoms with E-state index in [1.54, 1.807) is 0 Å². The summed E-state index contributed by atoms with van der Waals surface area (Å²) in [5.74, 6) is 0. The van der Waals surface area contributed by atoms with Gasteiger partial charge < -0.3 is 0 Å². The van der Waals surface area contributed by atoms with Crippen LogP contribution in [0.5, 0.6) is 0 Å². The molecule has 0 radical (unpaired) electrons. The number of nitro benzene ring substituents is 1. The molecule has 1 aromatic carbocycles. The summed E-state index contributed by atoms with van der Waals surface area (Å²) < 4.78 is 22.4. The Morgan fingerprint density at radius 2 is 1.93 bits per heavy atom. The number of hydrogen-bond acceptors (Lipinski definition) is 4. The van der Waals surface area contributed by atoms with Crippen molar-refractivity contribution >= 4 is 15.5 Å². The maximum Gasteiger partial charge on any atom is 0.289 e. The fraction of sp³-hybridized carbons (Fsp3) is 0. The van der Waals surface area contributed by atoms with Crippen molar-refractivity contribution in [1.82, 2.24) is 0 Å². The van der Waals surface area contributed by atoms with E-state index in [1.807, 2.05) is 0 Å². The first-order valence-electron chi connectivity index (χ1n) is 3.45. The monoisotopic (exact) mass is 211 g/mol. The molecule has 1 rings (SSSR count). The second kappa shape index (κ2) is 3.47. The molecule has 5 nitrogen and oxygen atoms in total. The van der Waals surface area contributed by atoms with E-state index < -0.39 is 25.3 Å². The van der Waals surface area contributed by atoms with Crippen molar-refractivity contribution in [2.75, 3.05) is 0 Å². The molecular weight excluding hydrogens is 206 g/mol. The summed E-state index contributed by atoms with van der Waals surface area (Å²) >= 11 is 0. The van der Waals surface area contributed by atoms with Crippen LogP contribution in [0.25, 0.3) is 0 Å². The lowest BCUT2D eigenvalue weighted by atomic mass is 10.3. The SMILES string of the molecule is C#CS(=O)(=O)c1ccccc1[N+](=O)[O-]. The summed E-state index contributed by atoms with van der Waals surface area (Å²) in [6.07, 6.45) is 4.75. The third-order valence-corrected chi connectivity index (χ3v) is 2.74. The molecule has 0 heterocycles. The van der Waals surface area contributed by atoms with Gasteiger partial charge in [-0.15, -0.1) is 6.42 Å². The van der Waals surface area contributed by atoms with Crippen LogP contribution in [-0.4, -0.2) is 13.3 Å². The van der Waals surface area contributed by atoms with Crippen molar-refractivity contribution in [3.8, 4) is 11.7 Å². The van der Waals surface area contributed by atoms with Crippen LogP contribution in [-0.2, 0) is 9.84 Å². The van der Waals surface area contributed by atoms with Gasteiger partial charge in [0.05, 0.1) is 4.92 Å². The lowest BCUT2D eigenvalue weighted by molar-refractivity contribution is -0.387. The number of para-hydroxylation sites is 1. The van der Waals surface area contributed by atoms with Crippen LogP contribution in [0.1, 0.15) is 0 Å². The molecule has 0 amide bonds. The van der Waals surface area contributed by atoms with Crippen molar-refractivity contribution in [3.05, 3.63) is 34.4 Å². The Labute approximate surface area is 80.4 Å². The van der Waals surface area contributed by atoms with E-state index in [2.05, 4.69) is 0 Å². The molecule has 0 bridgehead atoms. The molecule has 72 valence electrons. The molecule has 0 N–H and O–H groups in total. The molecule has 0 aliphatic rings. The Morgan fingerprint density at radius 3 is 2.43 bits per heavy atom. The summed E-state index contributed by atoms with van der Waals surface area (Å²) in [6, 6.07) is 4.93. The topological polar surface area (TPSA) is 77.3 Å². The maximum atomic E-state index is 11.2. The van der Waals surface area contributed by atoms with Gasteiger partial charge in [0, 0.05) is 11.3 Å². The van der Waals surface area contributed by atoms with Gasteiger partial charge >= 0.3 is 0 Å². The number of terminal acetylenes is 1. The van der Waals surface area contributed by atoms with Crippen LogP contribution in [0, 0.1) is 21.8 Å². The molecule has 0 fully saturated rings. The number of nitro groups is 1. The van der Waals surface area contributed by atoms with E-state index in [9.17, 15) is 18.5 Å². The zero-order chi connectivity index (χ0) is 10.8. The molecule has 0 saturated heterocycles. The molecule has 0 aromatic heterocycles. The lowest BCUT2D eigenvalue weighted by Gasteiger charge is -1.97. The minimum absolute atomic E-state index is 0.451. The van der Waals surface area contributed by atoms with Crippen LogP contribution < -0.4 is 0 Å². The smallest absolute Gasteiger partial charge is 0.258 e. The Bertz CT molecular complexity index is 512. The van der Waals surface area contributed by atoms with Crippen LogP contribution in [0.4, 0.5) is 5.69 Å².